The van der Waals surface area contributed by atoms with E-state index in [1.165, 1.54) is 18.4 Å². The van der Waals surface area contributed by atoms with Gasteiger partial charge in [-0.1, -0.05) is 11.3 Å². The molecular formula is C18H15N3O3S2. The number of nitrogens with zero attached hydrogens (tertiary/aromatic N) is 2. The summed E-state index contributed by atoms with van der Waals surface area (Å²) in [5, 5.41) is 4.40. The summed E-state index contributed by atoms with van der Waals surface area (Å²) in [6.07, 6.45) is 0. The largest absolute Gasteiger partial charge is 0.497 e. The zero-order chi connectivity index (χ0) is 18.3. The summed E-state index contributed by atoms with van der Waals surface area (Å²) in [6, 6.07) is 8.98. The molecule has 132 valence electrons. The first-order valence-electron chi connectivity index (χ1n) is 7.79. The van der Waals surface area contributed by atoms with Crippen molar-refractivity contribution in [2.24, 2.45) is 0 Å². The van der Waals surface area contributed by atoms with E-state index in [9.17, 15) is 4.79 Å². The van der Waals surface area contributed by atoms with Crippen LogP contribution in [-0.2, 0) is 0 Å². The second-order valence-electron chi connectivity index (χ2n) is 5.53. The smallest absolute Gasteiger partial charge is 0.261 e. The van der Waals surface area contributed by atoms with Gasteiger partial charge in [0.05, 0.1) is 45.2 Å². The van der Waals surface area contributed by atoms with Gasteiger partial charge in [0.15, 0.2) is 5.13 Å². The molecule has 2 aromatic carbocycles. The maximum atomic E-state index is 12.7. The number of carbonyl (C=O) groups excluding carboxylic acids is 1. The number of anilines is 1. The number of aryl methyl sites for hydroxylation is 1. The van der Waals surface area contributed by atoms with Crippen LogP contribution in [0, 0.1) is 6.92 Å². The first-order valence-corrected chi connectivity index (χ1v) is 9.42. The minimum atomic E-state index is -0.295. The third-order valence-corrected chi connectivity index (χ3v) is 6.03. The Hall–Kier alpha value is -2.71. The molecule has 0 spiro atoms. The van der Waals surface area contributed by atoms with Crippen LogP contribution < -0.4 is 14.8 Å². The van der Waals surface area contributed by atoms with Gasteiger partial charge in [-0.2, -0.15) is 0 Å². The van der Waals surface area contributed by atoms with Crippen molar-refractivity contribution in [1.29, 1.82) is 0 Å². The summed E-state index contributed by atoms with van der Waals surface area (Å²) in [5.41, 5.74) is 2.19. The number of amides is 1. The lowest BCUT2D eigenvalue weighted by Gasteiger charge is -2.09. The molecule has 4 aromatic rings. The molecule has 0 saturated carbocycles. The second-order valence-corrected chi connectivity index (χ2v) is 7.74. The minimum Gasteiger partial charge on any atom is -0.497 e. The number of methoxy groups -OCH3 is 2. The standard InChI is InChI=1S/C18H15N3O3S2/c1-9-19-12-5-6-13-16(15(12)25-9)26-18(20-13)21-17(22)11-8-10(23-2)4-7-14(11)24-3/h4-8H,1-3H3,(H,20,21,22). The number of thiazole rings is 2. The summed E-state index contributed by atoms with van der Waals surface area (Å²) >= 11 is 3.07. The predicted octanol–water partition coefficient (Wildman–Crippen LogP) is 4.48. The van der Waals surface area contributed by atoms with Crippen LogP contribution >= 0.6 is 22.7 Å². The van der Waals surface area contributed by atoms with Crippen molar-refractivity contribution in [1.82, 2.24) is 9.97 Å². The highest BCUT2D eigenvalue weighted by Crippen LogP contribution is 2.36. The predicted molar refractivity (Wildman–Crippen MR) is 105 cm³/mol. The summed E-state index contributed by atoms with van der Waals surface area (Å²) in [4.78, 5) is 21.7. The molecule has 0 atom stereocenters. The van der Waals surface area contributed by atoms with Crippen molar-refractivity contribution in [3.8, 4) is 11.5 Å². The highest BCUT2D eigenvalue weighted by Gasteiger charge is 2.17. The molecule has 0 unspecified atom stereocenters. The molecule has 0 aliphatic carbocycles. The van der Waals surface area contributed by atoms with Crippen LogP contribution in [0.1, 0.15) is 15.4 Å². The van der Waals surface area contributed by atoms with Crippen molar-refractivity contribution >= 4 is 54.1 Å². The second kappa shape index (κ2) is 6.54. The number of hydrogen-bond donors (Lipinski definition) is 1. The maximum Gasteiger partial charge on any atom is 0.261 e. The van der Waals surface area contributed by atoms with Gasteiger partial charge in [-0.15, -0.1) is 11.3 Å². The zero-order valence-electron chi connectivity index (χ0n) is 14.3. The number of fused-ring (bicyclic) bond motifs is 3. The lowest BCUT2D eigenvalue weighted by molar-refractivity contribution is 0.102. The molecular weight excluding hydrogens is 370 g/mol. The molecule has 0 radical (unpaired) electrons. The third kappa shape index (κ3) is 2.87. The first-order chi connectivity index (χ1) is 12.6. The molecule has 0 aliphatic heterocycles. The number of rotatable bonds is 4. The summed E-state index contributed by atoms with van der Waals surface area (Å²) < 4.78 is 12.6. The quantitative estimate of drug-likeness (QED) is 0.560. The van der Waals surface area contributed by atoms with Gasteiger partial charge in [0, 0.05) is 0 Å². The fourth-order valence-electron chi connectivity index (χ4n) is 2.69. The molecule has 26 heavy (non-hydrogen) atoms. The molecule has 8 heteroatoms. The van der Waals surface area contributed by atoms with E-state index in [4.69, 9.17) is 9.47 Å². The fourth-order valence-corrected chi connectivity index (χ4v) is 4.70. The molecule has 0 fully saturated rings. The van der Waals surface area contributed by atoms with E-state index in [0.29, 0.717) is 22.2 Å². The average Bonchev–Trinajstić information content (AvgIpc) is 3.22. The molecule has 1 N–H and O–H groups in total. The van der Waals surface area contributed by atoms with E-state index < -0.39 is 0 Å². The topological polar surface area (TPSA) is 73.3 Å². The summed E-state index contributed by atoms with van der Waals surface area (Å²) in [7, 11) is 3.08. The lowest BCUT2D eigenvalue weighted by Crippen LogP contribution is -2.13. The number of aromatic nitrogens is 2. The number of hydrogen-bond acceptors (Lipinski definition) is 7. The van der Waals surface area contributed by atoms with Gasteiger partial charge in [0.2, 0.25) is 0 Å². The van der Waals surface area contributed by atoms with E-state index in [0.717, 1.165) is 25.4 Å². The normalized spacial score (nSPS) is 11.0. The molecule has 2 aromatic heterocycles. The zero-order valence-corrected chi connectivity index (χ0v) is 16.0. The number of carbonyl (C=O) groups is 1. The third-order valence-electron chi connectivity index (χ3n) is 3.89. The highest BCUT2D eigenvalue weighted by molar-refractivity contribution is 7.28. The van der Waals surface area contributed by atoms with E-state index in [1.54, 1.807) is 36.6 Å². The van der Waals surface area contributed by atoms with E-state index in [2.05, 4.69) is 15.3 Å². The molecule has 0 saturated heterocycles. The van der Waals surface area contributed by atoms with Crippen molar-refractivity contribution < 1.29 is 14.3 Å². The fraction of sp³-hybridized carbons (Fsp3) is 0.167. The van der Waals surface area contributed by atoms with Crippen molar-refractivity contribution in [3.05, 3.63) is 40.9 Å². The van der Waals surface area contributed by atoms with Gasteiger partial charge >= 0.3 is 0 Å². The Bertz CT molecular complexity index is 1130. The first kappa shape index (κ1) is 16.7. The molecule has 1 amide bonds. The number of ether oxygens (including phenoxy) is 2. The lowest BCUT2D eigenvalue weighted by atomic mass is 10.2. The maximum absolute atomic E-state index is 12.7. The van der Waals surface area contributed by atoms with Gasteiger partial charge in [-0.05, 0) is 37.3 Å². The van der Waals surface area contributed by atoms with Crippen LogP contribution in [-0.4, -0.2) is 30.1 Å². The van der Waals surface area contributed by atoms with E-state index in [-0.39, 0.29) is 5.91 Å². The molecule has 6 nitrogen and oxygen atoms in total. The van der Waals surface area contributed by atoms with Crippen LogP contribution in [0.4, 0.5) is 5.13 Å². The van der Waals surface area contributed by atoms with Crippen molar-refractivity contribution in [3.63, 3.8) is 0 Å². The van der Waals surface area contributed by atoms with Gasteiger partial charge in [-0.25, -0.2) is 9.97 Å². The van der Waals surface area contributed by atoms with Crippen LogP contribution in [0.2, 0.25) is 0 Å². The molecule has 4 rings (SSSR count). The highest BCUT2D eigenvalue weighted by atomic mass is 32.1. The molecule has 0 aliphatic rings. The van der Waals surface area contributed by atoms with Gasteiger partial charge in [0.1, 0.15) is 11.5 Å². The van der Waals surface area contributed by atoms with Crippen LogP contribution in [0.5, 0.6) is 11.5 Å². The molecule has 0 bridgehead atoms. The number of nitrogens with one attached hydrogen (secondary N) is 1. The number of benzene rings is 2. The van der Waals surface area contributed by atoms with Gasteiger partial charge < -0.3 is 9.47 Å². The Balaban J connectivity index is 1.71. The van der Waals surface area contributed by atoms with Crippen molar-refractivity contribution in [2.45, 2.75) is 6.92 Å². The van der Waals surface area contributed by atoms with Crippen LogP contribution in [0.15, 0.2) is 30.3 Å². The Kier molecular flexibility index (Phi) is 4.21. The Morgan fingerprint density at radius 2 is 1.73 bits per heavy atom. The average molecular weight is 385 g/mol. The van der Waals surface area contributed by atoms with Gasteiger partial charge in [-0.3, -0.25) is 10.1 Å². The van der Waals surface area contributed by atoms with Crippen molar-refractivity contribution in [2.75, 3.05) is 19.5 Å². The Morgan fingerprint density at radius 3 is 2.46 bits per heavy atom. The summed E-state index contributed by atoms with van der Waals surface area (Å²) in [5.74, 6) is 0.767. The van der Waals surface area contributed by atoms with E-state index in [1.807, 2.05) is 19.1 Å². The Morgan fingerprint density at radius 1 is 1.00 bits per heavy atom. The summed E-state index contributed by atoms with van der Waals surface area (Å²) in [6.45, 7) is 1.98. The Labute approximate surface area is 157 Å². The minimum absolute atomic E-state index is 0.295. The van der Waals surface area contributed by atoms with Crippen LogP contribution in [0.25, 0.3) is 20.4 Å². The van der Waals surface area contributed by atoms with Crippen LogP contribution in [0.3, 0.4) is 0 Å². The molecule has 2 heterocycles. The van der Waals surface area contributed by atoms with E-state index >= 15 is 0 Å². The SMILES string of the molecule is COc1ccc(OC)c(C(=O)Nc2nc3ccc4nc(C)sc4c3s2)c1. The van der Waals surface area contributed by atoms with Gasteiger partial charge in [0.25, 0.3) is 5.91 Å². The monoisotopic (exact) mass is 385 g/mol.